The zero-order valence-electron chi connectivity index (χ0n) is 11.6. The molecule has 0 aliphatic carbocycles. The van der Waals surface area contributed by atoms with Crippen LogP contribution in [0.5, 0.6) is 0 Å². The summed E-state index contributed by atoms with van der Waals surface area (Å²) in [7, 11) is -1.50. The molecule has 0 atom stereocenters. The molecule has 3 heteroatoms. The van der Waals surface area contributed by atoms with Crippen molar-refractivity contribution in [3.8, 4) is 0 Å². The first-order valence-corrected chi connectivity index (χ1v) is 10.1. The molecule has 0 aromatic rings. The summed E-state index contributed by atoms with van der Waals surface area (Å²) in [6.45, 7) is 17.0. The third-order valence-corrected chi connectivity index (χ3v) is 3.54. The van der Waals surface area contributed by atoms with E-state index in [0.717, 1.165) is 17.9 Å². The number of rotatable bonds is 6. The Balaban J connectivity index is 4.50. The highest BCUT2D eigenvalue weighted by Crippen LogP contribution is 2.33. The number of thioether (sulfide) groups is 1. The standard InChI is InChI=1S/C13H26OSSi/c1-8-9-10-11-12(14-16(5,6)7)15-13(2,3)4/h8,11H,1,9-10H2,2-7H3. The van der Waals surface area contributed by atoms with Gasteiger partial charge in [0.05, 0.1) is 0 Å². The van der Waals surface area contributed by atoms with Crippen LogP contribution in [-0.4, -0.2) is 13.1 Å². The minimum Gasteiger partial charge on any atom is -0.540 e. The molecule has 0 rings (SSSR count). The van der Waals surface area contributed by atoms with Crippen LogP contribution in [0.25, 0.3) is 0 Å². The molecule has 0 heterocycles. The predicted octanol–water partition coefficient (Wildman–Crippen LogP) is 5.18. The second kappa shape index (κ2) is 6.55. The molecule has 0 saturated carbocycles. The third kappa shape index (κ3) is 10.4. The smallest absolute Gasteiger partial charge is 0.242 e. The first-order chi connectivity index (χ1) is 7.14. The number of unbranched alkanes of at least 4 members (excludes halogenated alkanes) is 1. The van der Waals surface area contributed by atoms with Gasteiger partial charge in [-0.3, -0.25) is 0 Å². The summed E-state index contributed by atoms with van der Waals surface area (Å²) in [6, 6.07) is 0. The highest BCUT2D eigenvalue weighted by molar-refractivity contribution is 8.04. The first-order valence-electron chi connectivity index (χ1n) is 5.83. The van der Waals surface area contributed by atoms with Crippen LogP contribution >= 0.6 is 11.8 Å². The van der Waals surface area contributed by atoms with E-state index in [4.69, 9.17) is 4.43 Å². The van der Waals surface area contributed by atoms with Crippen molar-refractivity contribution < 1.29 is 4.43 Å². The van der Waals surface area contributed by atoms with Crippen molar-refractivity contribution in [2.75, 3.05) is 0 Å². The SMILES string of the molecule is C=CCCC=C(O[Si](C)(C)C)SC(C)(C)C. The van der Waals surface area contributed by atoms with Crippen LogP contribution in [0.1, 0.15) is 33.6 Å². The Morgan fingerprint density at radius 1 is 1.25 bits per heavy atom. The van der Waals surface area contributed by atoms with E-state index in [-0.39, 0.29) is 4.75 Å². The Bertz CT molecular complexity index is 228. The zero-order valence-corrected chi connectivity index (χ0v) is 13.4. The van der Waals surface area contributed by atoms with Gasteiger partial charge in [-0.15, -0.1) is 6.58 Å². The molecule has 0 amide bonds. The molecule has 0 radical (unpaired) electrons. The lowest BCUT2D eigenvalue weighted by Gasteiger charge is -2.26. The van der Waals surface area contributed by atoms with E-state index in [0.29, 0.717) is 0 Å². The van der Waals surface area contributed by atoms with Crippen molar-refractivity contribution in [2.24, 2.45) is 0 Å². The van der Waals surface area contributed by atoms with Gasteiger partial charge in [0, 0.05) is 4.75 Å². The molecule has 1 nitrogen and oxygen atoms in total. The molecule has 94 valence electrons. The Kier molecular flexibility index (Phi) is 6.49. The minimum atomic E-state index is -1.50. The molecule has 0 aromatic heterocycles. The second-order valence-electron chi connectivity index (χ2n) is 5.82. The molecule has 0 N–H and O–H groups in total. The second-order valence-corrected chi connectivity index (χ2v) is 12.1. The summed E-state index contributed by atoms with van der Waals surface area (Å²) in [4.78, 5) is 0. The average Bonchev–Trinajstić information content (AvgIpc) is 1.97. The fourth-order valence-electron chi connectivity index (χ4n) is 1.03. The van der Waals surface area contributed by atoms with Gasteiger partial charge in [-0.1, -0.05) is 38.6 Å². The molecule has 0 saturated heterocycles. The van der Waals surface area contributed by atoms with Crippen LogP contribution < -0.4 is 0 Å². The van der Waals surface area contributed by atoms with Crippen LogP contribution in [0.3, 0.4) is 0 Å². The first kappa shape index (κ1) is 15.8. The minimum absolute atomic E-state index is 0.208. The maximum Gasteiger partial charge on any atom is 0.242 e. The summed E-state index contributed by atoms with van der Waals surface area (Å²) < 4.78 is 6.30. The Morgan fingerprint density at radius 2 is 1.81 bits per heavy atom. The Hall–Kier alpha value is -0.153. The topological polar surface area (TPSA) is 9.23 Å². The monoisotopic (exact) mass is 258 g/mol. The Morgan fingerprint density at radius 3 is 2.19 bits per heavy atom. The van der Waals surface area contributed by atoms with Crippen molar-refractivity contribution in [1.29, 1.82) is 0 Å². The molecule has 0 bridgehead atoms. The van der Waals surface area contributed by atoms with Crippen molar-refractivity contribution in [2.45, 2.75) is 58.0 Å². The zero-order chi connectivity index (χ0) is 12.8. The normalized spacial score (nSPS) is 13.8. The van der Waals surface area contributed by atoms with Gasteiger partial charge in [0.15, 0.2) is 0 Å². The molecule has 0 aliphatic rings. The summed E-state index contributed by atoms with van der Waals surface area (Å²) in [5.41, 5.74) is 0. The van der Waals surface area contributed by atoms with E-state index < -0.39 is 8.32 Å². The van der Waals surface area contributed by atoms with E-state index in [1.807, 2.05) is 17.8 Å². The van der Waals surface area contributed by atoms with E-state index in [2.05, 4.69) is 53.1 Å². The highest BCUT2D eigenvalue weighted by Gasteiger charge is 2.21. The lowest BCUT2D eigenvalue weighted by atomic mass is 10.3. The summed E-state index contributed by atoms with van der Waals surface area (Å²) in [6.07, 6.45) is 6.19. The van der Waals surface area contributed by atoms with Crippen LogP contribution in [0.4, 0.5) is 0 Å². The molecule has 0 aliphatic heterocycles. The fraction of sp³-hybridized carbons (Fsp3) is 0.692. The largest absolute Gasteiger partial charge is 0.540 e. The van der Waals surface area contributed by atoms with Gasteiger partial charge in [0.2, 0.25) is 8.32 Å². The van der Waals surface area contributed by atoms with E-state index in [9.17, 15) is 0 Å². The maximum absolute atomic E-state index is 6.09. The highest BCUT2D eigenvalue weighted by atomic mass is 32.2. The average molecular weight is 259 g/mol. The quantitative estimate of drug-likeness (QED) is 0.281. The number of allylic oxidation sites excluding steroid dienone is 2. The van der Waals surface area contributed by atoms with Crippen LogP contribution in [-0.2, 0) is 4.43 Å². The van der Waals surface area contributed by atoms with Gasteiger partial charge in [-0.25, -0.2) is 0 Å². The van der Waals surface area contributed by atoms with E-state index in [1.165, 1.54) is 0 Å². The molecule has 0 fully saturated rings. The molecule has 0 aromatic carbocycles. The van der Waals surface area contributed by atoms with Crippen molar-refractivity contribution in [3.05, 3.63) is 23.8 Å². The lowest BCUT2D eigenvalue weighted by Crippen LogP contribution is -2.25. The maximum atomic E-state index is 6.09. The van der Waals surface area contributed by atoms with Crippen molar-refractivity contribution in [1.82, 2.24) is 0 Å². The fourth-order valence-corrected chi connectivity index (χ4v) is 3.44. The molecule has 0 spiro atoms. The summed E-state index contributed by atoms with van der Waals surface area (Å²) >= 11 is 1.82. The van der Waals surface area contributed by atoms with Crippen LogP contribution in [0, 0.1) is 0 Å². The van der Waals surface area contributed by atoms with Gasteiger partial charge in [-0.05, 0) is 38.6 Å². The van der Waals surface area contributed by atoms with Crippen molar-refractivity contribution in [3.63, 3.8) is 0 Å². The van der Waals surface area contributed by atoms with Gasteiger partial charge in [-0.2, -0.15) is 0 Å². The number of hydrogen-bond acceptors (Lipinski definition) is 2. The van der Waals surface area contributed by atoms with Gasteiger partial charge < -0.3 is 4.43 Å². The summed E-state index contributed by atoms with van der Waals surface area (Å²) in [5.74, 6) is 0. The van der Waals surface area contributed by atoms with Crippen LogP contribution in [0.15, 0.2) is 23.8 Å². The summed E-state index contributed by atoms with van der Waals surface area (Å²) in [5, 5.41) is 1.09. The predicted molar refractivity (Wildman–Crippen MR) is 79.3 cm³/mol. The molecule has 0 unspecified atom stereocenters. The molecular formula is C13H26OSSi. The van der Waals surface area contributed by atoms with Gasteiger partial charge in [0.25, 0.3) is 0 Å². The Labute approximate surface area is 106 Å². The van der Waals surface area contributed by atoms with E-state index in [1.54, 1.807) is 0 Å². The lowest BCUT2D eigenvalue weighted by molar-refractivity contribution is 0.459. The molecule has 16 heavy (non-hydrogen) atoms. The van der Waals surface area contributed by atoms with Crippen LogP contribution in [0.2, 0.25) is 19.6 Å². The van der Waals surface area contributed by atoms with Gasteiger partial charge in [0.1, 0.15) is 5.09 Å². The van der Waals surface area contributed by atoms with Gasteiger partial charge >= 0.3 is 0 Å². The number of hydrogen-bond donors (Lipinski definition) is 0. The molecular weight excluding hydrogens is 232 g/mol. The third-order valence-electron chi connectivity index (χ3n) is 1.50. The van der Waals surface area contributed by atoms with Crippen molar-refractivity contribution >= 4 is 20.1 Å². The van der Waals surface area contributed by atoms with E-state index >= 15 is 0 Å².